The van der Waals surface area contributed by atoms with E-state index in [1.165, 1.54) is 39.3 Å². The Labute approximate surface area is 186 Å². The molecular formula is C20H24Cl2N2O5S. The molecule has 2 rings (SSSR count). The lowest BCUT2D eigenvalue weighted by Crippen LogP contribution is -2.48. The molecule has 1 amide bonds. The maximum atomic E-state index is 13.0. The van der Waals surface area contributed by atoms with E-state index in [0.717, 1.165) is 10.6 Å². The molecule has 0 saturated heterocycles. The number of methoxy groups -OCH3 is 2. The van der Waals surface area contributed by atoms with Gasteiger partial charge in [0.25, 0.3) is 0 Å². The summed E-state index contributed by atoms with van der Waals surface area (Å²) in [4.78, 5) is 13.0. The van der Waals surface area contributed by atoms with E-state index in [1.54, 1.807) is 25.1 Å². The van der Waals surface area contributed by atoms with Crippen LogP contribution in [0.25, 0.3) is 0 Å². The van der Waals surface area contributed by atoms with E-state index in [4.69, 9.17) is 32.7 Å². The topological polar surface area (TPSA) is 84.9 Å². The zero-order valence-corrected chi connectivity index (χ0v) is 19.6. The monoisotopic (exact) mass is 474 g/mol. The van der Waals surface area contributed by atoms with Crippen molar-refractivity contribution < 1.29 is 22.7 Å². The summed E-state index contributed by atoms with van der Waals surface area (Å²) in [6.07, 6.45) is 1.00. The van der Waals surface area contributed by atoms with Crippen LogP contribution in [0.1, 0.15) is 25.5 Å². The van der Waals surface area contributed by atoms with E-state index in [-0.39, 0.29) is 10.7 Å². The van der Waals surface area contributed by atoms with Crippen LogP contribution in [-0.2, 0) is 14.8 Å². The number of nitrogens with zero attached hydrogens (tertiary/aromatic N) is 1. The molecule has 0 aliphatic rings. The molecule has 0 unspecified atom stereocenters. The Bertz CT molecular complexity index is 1030. The Morgan fingerprint density at radius 2 is 1.73 bits per heavy atom. The molecule has 30 heavy (non-hydrogen) atoms. The van der Waals surface area contributed by atoms with Gasteiger partial charge in [-0.2, -0.15) is 0 Å². The average Bonchev–Trinajstić information content (AvgIpc) is 2.68. The van der Waals surface area contributed by atoms with Gasteiger partial charge >= 0.3 is 0 Å². The van der Waals surface area contributed by atoms with Gasteiger partial charge in [-0.3, -0.25) is 9.10 Å². The lowest BCUT2D eigenvalue weighted by molar-refractivity contribution is -0.122. The van der Waals surface area contributed by atoms with Crippen molar-refractivity contribution >= 4 is 44.8 Å². The third-order valence-corrected chi connectivity index (χ3v) is 6.28. The third-order valence-electron chi connectivity index (χ3n) is 4.50. The number of sulfonamides is 1. The van der Waals surface area contributed by atoms with Crippen molar-refractivity contribution in [3.8, 4) is 11.5 Å². The van der Waals surface area contributed by atoms with Crippen molar-refractivity contribution in [1.82, 2.24) is 5.32 Å². The summed E-state index contributed by atoms with van der Waals surface area (Å²) >= 11 is 12.2. The fourth-order valence-electron chi connectivity index (χ4n) is 3.03. The zero-order valence-electron chi connectivity index (χ0n) is 17.3. The van der Waals surface area contributed by atoms with Crippen molar-refractivity contribution in [2.75, 3.05) is 24.8 Å². The summed E-state index contributed by atoms with van der Waals surface area (Å²) in [5.74, 6) is 0.645. The number of rotatable bonds is 8. The number of halogens is 2. The maximum Gasteiger partial charge on any atom is 0.244 e. The fraction of sp³-hybridized carbons (Fsp3) is 0.350. The molecule has 2 atom stereocenters. The second-order valence-electron chi connectivity index (χ2n) is 6.67. The summed E-state index contributed by atoms with van der Waals surface area (Å²) in [5.41, 5.74) is 0.810. The highest BCUT2D eigenvalue weighted by molar-refractivity contribution is 7.92. The van der Waals surface area contributed by atoms with Crippen LogP contribution >= 0.6 is 23.2 Å². The van der Waals surface area contributed by atoms with Gasteiger partial charge in [0.05, 0.1) is 37.2 Å². The number of carbonyl (C=O) groups is 1. The minimum atomic E-state index is -3.84. The molecule has 10 heteroatoms. The molecule has 0 spiro atoms. The zero-order chi connectivity index (χ0) is 22.6. The van der Waals surface area contributed by atoms with Crippen LogP contribution in [0, 0.1) is 0 Å². The predicted molar refractivity (Wildman–Crippen MR) is 119 cm³/mol. The van der Waals surface area contributed by atoms with Crippen LogP contribution in [0.15, 0.2) is 36.4 Å². The first kappa shape index (κ1) is 24.1. The predicted octanol–water partition coefficient (Wildman–Crippen LogP) is 4.04. The molecule has 2 aromatic carbocycles. The van der Waals surface area contributed by atoms with Gasteiger partial charge in [-0.05, 0) is 50.2 Å². The first-order valence-electron chi connectivity index (χ1n) is 8.96. The smallest absolute Gasteiger partial charge is 0.244 e. The van der Waals surface area contributed by atoms with Crippen molar-refractivity contribution in [3.05, 3.63) is 52.0 Å². The van der Waals surface area contributed by atoms with Gasteiger partial charge in [0.1, 0.15) is 17.5 Å². The number of hydrogen-bond acceptors (Lipinski definition) is 5. The van der Waals surface area contributed by atoms with Crippen LogP contribution in [0.2, 0.25) is 10.0 Å². The molecule has 0 aromatic heterocycles. The highest BCUT2D eigenvalue weighted by atomic mass is 35.5. The van der Waals surface area contributed by atoms with Gasteiger partial charge in [-0.1, -0.05) is 23.2 Å². The molecule has 0 heterocycles. The fourth-order valence-corrected chi connectivity index (χ4v) is 4.63. The molecule has 0 bridgehead atoms. The SMILES string of the molecule is COc1ccc(OC)c([C@@H](C)NC(=O)[C@H](C)N(c2cc(Cl)ccc2Cl)S(C)(=O)=O)c1. The van der Waals surface area contributed by atoms with Gasteiger partial charge in [-0.15, -0.1) is 0 Å². The van der Waals surface area contributed by atoms with Gasteiger partial charge in [0, 0.05) is 10.6 Å². The molecular weight excluding hydrogens is 451 g/mol. The Morgan fingerprint density at radius 3 is 2.30 bits per heavy atom. The number of anilines is 1. The normalized spacial score (nSPS) is 13.3. The van der Waals surface area contributed by atoms with Gasteiger partial charge < -0.3 is 14.8 Å². The average molecular weight is 475 g/mol. The summed E-state index contributed by atoms with van der Waals surface area (Å²) in [5, 5.41) is 3.28. The minimum absolute atomic E-state index is 0.126. The largest absolute Gasteiger partial charge is 0.497 e. The lowest BCUT2D eigenvalue weighted by Gasteiger charge is -2.30. The van der Waals surface area contributed by atoms with E-state index < -0.39 is 28.0 Å². The molecule has 0 aliphatic carbocycles. The number of benzene rings is 2. The Balaban J connectivity index is 2.35. The maximum absolute atomic E-state index is 13.0. The minimum Gasteiger partial charge on any atom is -0.497 e. The quantitative estimate of drug-likeness (QED) is 0.623. The van der Waals surface area contributed by atoms with Crippen molar-refractivity contribution in [3.63, 3.8) is 0 Å². The molecule has 1 N–H and O–H groups in total. The van der Waals surface area contributed by atoms with E-state index in [9.17, 15) is 13.2 Å². The Kier molecular flexibility index (Phi) is 7.85. The number of ether oxygens (including phenoxy) is 2. The van der Waals surface area contributed by atoms with Gasteiger partial charge in [0.15, 0.2) is 0 Å². The molecule has 7 nitrogen and oxygen atoms in total. The summed E-state index contributed by atoms with van der Waals surface area (Å²) in [6.45, 7) is 3.24. The van der Waals surface area contributed by atoms with Crippen LogP contribution < -0.4 is 19.1 Å². The molecule has 0 aliphatic heterocycles. The highest BCUT2D eigenvalue weighted by Gasteiger charge is 2.31. The molecule has 2 aromatic rings. The molecule has 0 saturated carbocycles. The number of amides is 1. The second kappa shape index (κ2) is 9.76. The van der Waals surface area contributed by atoms with E-state index in [2.05, 4.69) is 5.32 Å². The van der Waals surface area contributed by atoms with E-state index >= 15 is 0 Å². The van der Waals surface area contributed by atoms with Crippen molar-refractivity contribution in [2.24, 2.45) is 0 Å². The van der Waals surface area contributed by atoms with Gasteiger partial charge in [0.2, 0.25) is 15.9 Å². The number of nitrogens with one attached hydrogen (secondary N) is 1. The van der Waals surface area contributed by atoms with Crippen LogP contribution in [0.5, 0.6) is 11.5 Å². The van der Waals surface area contributed by atoms with Crippen LogP contribution in [0.4, 0.5) is 5.69 Å². The lowest BCUT2D eigenvalue weighted by atomic mass is 10.1. The van der Waals surface area contributed by atoms with E-state index in [0.29, 0.717) is 22.1 Å². The van der Waals surface area contributed by atoms with Gasteiger partial charge in [-0.25, -0.2) is 8.42 Å². The Morgan fingerprint density at radius 1 is 1.07 bits per heavy atom. The van der Waals surface area contributed by atoms with E-state index in [1.807, 2.05) is 0 Å². The standard InChI is InChI=1S/C20H24Cl2N2O5S/c1-12(16-11-15(28-3)7-9-19(16)29-4)23-20(25)13(2)24(30(5,26)27)18-10-14(21)6-8-17(18)22/h6-13H,1-5H3,(H,23,25)/t12-,13+/m1/s1. The molecule has 0 fully saturated rings. The summed E-state index contributed by atoms with van der Waals surface area (Å²) < 4.78 is 36.5. The van der Waals surface area contributed by atoms with Crippen LogP contribution in [-0.4, -0.2) is 40.8 Å². The van der Waals surface area contributed by atoms with Crippen molar-refractivity contribution in [2.45, 2.75) is 25.9 Å². The molecule has 164 valence electrons. The summed E-state index contributed by atoms with van der Waals surface area (Å²) in [6, 6.07) is 8.07. The number of carbonyl (C=O) groups excluding carboxylic acids is 1. The number of hydrogen-bond donors (Lipinski definition) is 1. The van der Waals surface area contributed by atoms with Crippen LogP contribution in [0.3, 0.4) is 0 Å². The van der Waals surface area contributed by atoms with Crippen molar-refractivity contribution in [1.29, 1.82) is 0 Å². The first-order valence-corrected chi connectivity index (χ1v) is 11.6. The Hall–Kier alpha value is -2.16. The highest BCUT2D eigenvalue weighted by Crippen LogP contribution is 2.33. The second-order valence-corrected chi connectivity index (χ2v) is 9.37. The first-order chi connectivity index (χ1) is 14.0. The summed E-state index contributed by atoms with van der Waals surface area (Å²) in [7, 11) is -0.781. The molecule has 0 radical (unpaired) electrons. The third kappa shape index (κ3) is 5.50.